The van der Waals surface area contributed by atoms with Crippen LogP contribution in [-0.4, -0.2) is 17.6 Å². The summed E-state index contributed by atoms with van der Waals surface area (Å²) < 4.78 is 0. The number of hydrogen-bond acceptors (Lipinski definition) is 2. The molecule has 0 aliphatic heterocycles. The summed E-state index contributed by atoms with van der Waals surface area (Å²) in [7, 11) is 0. The molecule has 4 heteroatoms. The largest absolute Gasteiger partial charge is 0.480 e. The standard InChI is InChI=1S/C15H14ClNO2/c1-11-3-2-4-14(9-11)17(10-15(18)19)13-7-5-12(16)6-8-13/h2-9H,10H2,1H3,(H,18,19). The first-order valence-corrected chi connectivity index (χ1v) is 6.25. The highest BCUT2D eigenvalue weighted by Crippen LogP contribution is 2.26. The fraction of sp³-hybridized carbons (Fsp3) is 0.133. The van der Waals surface area contributed by atoms with Crippen LogP contribution in [0.2, 0.25) is 5.02 Å². The third-order valence-corrected chi connectivity index (χ3v) is 3.00. The summed E-state index contributed by atoms with van der Waals surface area (Å²) in [5.41, 5.74) is 2.74. The summed E-state index contributed by atoms with van der Waals surface area (Å²) in [6.45, 7) is 1.88. The molecule has 0 aliphatic carbocycles. The van der Waals surface area contributed by atoms with E-state index in [9.17, 15) is 4.79 Å². The Morgan fingerprint density at radius 2 is 1.84 bits per heavy atom. The Morgan fingerprint density at radius 3 is 2.42 bits per heavy atom. The quantitative estimate of drug-likeness (QED) is 0.921. The van der Waals surface area contributed by atoms with Crippen molar-refractivity contribution in [3.8, 4) is 0 Å². The molecule has 0 radical (unpaired) electrons. The van der Waals surface area contributed by atoms with Crippen molar-refractivity contribution in [3.05, 3.63) is 59.1 Å². The maximum Gasteiger partial charge on any atom is 0.323 e. The highest BCUT2D eigenvalue weighted by Gasteiger charge is 2.13. The second-order valence-electron chi connectivity index (χ2n) is 4.30. The smallest absolute Gasteiger partial charge is 0.323 e. The van der Waals surface area contributed by atoms with E-state index < -0.39 is 5.97 Å². The zero-order valence-electron chi connectivity index (χ0n) is 10.5. The lowest BCUT2D eigenvalue weighted by Gasteiger charge is -2.23. The SMILES string of the molecule is Cc1cccc(N(CC(=O)O)c2ccc(Cl)cc2)c1. The van der Waals surface area contributed by atoms with Crippen LogP contribution in [0.25, 0.3) is 0 Å². The van der Waals surface area contributed by atoms with Crippen molar-refractivity contribution in [1.29, 1.82) is 0 Å². The summed E-state index contributed by atoms with van der Waals surface area (Å²) in [6, 6.07) is 14.9. The predicted molar refractivity (Wildman–Crippen MR) is 77.3 cm³/mol. The van der Waals surface area contributed by atoms with Gasteiger partial charge in [-0.2, -0.15) is 0 Å². The van der Waals surface area contributed by atoms with E-state index in [4.69, 9.17) is 16.7 Å². The molecular formula is C15H14ClNO2. The predicted octanol–water partition coefficient (Wildman–Crippen LogP) is 3.87. The number of rotatable bonds is 4. The number of anilines is 2. The Labute approximate surface area is 117 Å². The van der Waals surface area contributed by atoms with Gasteiger partial charge in [-0.25, -0.2) is 0 Å². The molecule has 1 N–H and O–H groups in total. The van der Waals surface area contributed by atoms with Crippen molar-refractivity contribution in [3.63, 3.8) is 0 Å². The van der Waals surface area contributed by atoms with Crippen LogP contribution in [0.3, 0.4) is 0 Å². The minimum absolute atomic E-state index is 0.0922. The lowest BCUT2D eigenvalue weighted by Crippen LogP contribution is -2.24. The molecule has 0 unspecified atom stereocenters. The second-order valence-corrected chi connectivity index (χ2v) is 4.73. The lowest BCUT2D eigenvalue weighted by atomic mass is 10.2. The van der Waals surface area contributed by atoms with E-state index in [1.165, 1.54) is 0 Å². The number of hydrogen-bond donors (Lipinski definition) is 1. The van der Waals surface area contributed by atoms with Gasteiger partial charge in [-0.3, -0.25) is 4.79 Å². The normalized spacial score (nSPS) is 10.2. The molecule has 0 bridgehead atoms. The number of carboxylic acids is 1. The van der Waals surface area contributed by atoms with E-state index in [0.29, 0.717) is 5.02 Å². The summed E-state index contributed by atoms with van der Waals surface area (Å²) >= 11 is 5.86. The lowest BCUT2D eigenvalue weighted by molar-refractivity contribution is -0.135. The van der Waals surface area contributed by atoms with Gasteiger partial charge >= 0.3 is 5.97 Å². The van der Waals surface area contributed by atoms with Gasteiger partial charge in [0.2, 0.25) is 0 Å². The molecule has 0 spiro atoms. The molecule has 0 saturated carbocycles. The molecule has 19 heavy (non-hydrogen) atoms. The number of aliphatic carboxylic acids is 1. The van der Waals surface area contributed by atoms with Crippen LogP contribution < -0.4 is 4.90 Å². The van der Waals surface area contributed by atoms with Gasteiger partial charge in [-0.1, -0.05) is 23.7 Å². The van der Waals surface area contributed by atoms with Crippen LogP contribution in [0.15, 0.2) is 48.5 Å². The van der Waals surface area contributed by atoms with Crippen molar-refractivity contribution < 1.29 is 9.90 Å². The van der Waals surface area contributed by atoms with Crippen LogP contribution in [0.5, 0.6) is 0 Å². The number of aryl methyl sites for hydroxylation is 1. The van der Waals surface area contributed by atoms with Gasteiger partial charge in [-0.05, 0) is 48.9 Å². The molecule has 0 fully saturated rings. The molecular weight excluding hydrogens is 262 g/mol. The van der Waals surface area contributed by atoms with Crippen LogP contribution >= 0.6 is 11.6 Å². The summed E-state index contributed by atoms with van der Waals surface area (Å²) in [5.74, 6) is -0.878. The van der Waals surface area contributed by atoms with E-state index in [1.807, 2.05) is 43.3 Å². The topological polar surface area (TPSA) is 40.5 Å². The van der Waals surface area contributed by atoms with Crippen molar-refractivity contribution in [2.45, 2.75) is 6.92 Å². The maximum atomic E-state index is 11.0. The van der Waals surface area contributed by atoms with Crippen molar-refractivity contribution in [1.82, 2.24) is 0 Å². The van der Waals surface area contributed by atoms with Gasteiger partial charge in [0.25, 0.3) is 0 Å². The molecule has 0 atom stereocenters. The molecule has 0 saturated heterocycles. The molecule has 0 heterocycles. The average Bonchev–Trinajstić information content (AvgIpc) is 2.37. The summed E-state index contributed by atoms with van der Waals surface area (Å²) in [5, 5.41) is 9.69. The Balaban J connectivity index is 2.40. The van der Waals surface area contributed by atoms with Crippen molar-refractivity contribution in [2.24, 2.45) is 0 Å². The third-order valence-electron chi connectivity index (χ3n) is 2.75. The second kappa shape index (κ2) is 5.76. The van der Waals surface area contributed by atoms with E-state index >= 15 is 0 Å². The molecule has 2 rings (SSSR count). The first-order valence-electron chi connectivity index (χ1n) is 5.88. The minimum Gasteiger partial charge on any atom is -0.480 e. The number of carboxylic acid groups (broad SMARTS) is 1. The number of benzene rings is 2. The zero-order chi connectivity index (χ0) is 13.8. The van der Waals surface area contributed by atoms with Gasteiger partial charge in [0, 0.05) is 16.4 Å². The van der Waals surface area contributed by atoms with Gasteiger partial charge in [0.15, 0.2) is 0 Å². The number of halogens is 1. The van der Waals surface area contributed by atoms with Crippen LogP contribution in [0, 0.1) is 6.92 Å². The highest BCUT2D eigenvalue weighted by molar-refractivity contribution is 6.30. The van der Waals surface area contributed by atoms with Crippen LogP contribution in [0.1, 0.15) is 5.56 Å². The van der Waals surface area contributed by atoms with Gasteiger partial charge in [-0.15, -0.1) is 0 Å². The fourth-order valence-electron chi connectivity index (χ4n) is 1.88. The maximum absolute atomic E-state index is 11.0. The first-order chi connectivity index (χ1) is 9.06. The van der Waals surface area contributed by atoms with Crippen LogP contribution in [-0.2, 0) is 4.79 Å². The van der Waals surface area contributed by atoms with E-state index in [2.05, 4.69) is 0 Å². The Morgan fingerprint density at radius 1 is 1.16 bits per heavy atom. The Kier molecular flexibility index (Phi) is 4.07. The first kappa shape index (κ1) is 13.4. The molecule has 3 nitrogen and oxygen atoms in total. The van der Waals surface area contributed by atoms with Crippen molar-refractivity contribution >= 4 is 28.9 Å². The average molecular weight is 276 g/mol. The molecule has 2 aromatic rings. The van der Waals surface area contributed by atoms with E-state index in [1.54, 1.807) is 17.0 Å². The van der Waals surface area contributed by atoms with Crippen molar-refractivity contribution in [2.75, 3.05) is 11.4 Å². The van der Waals surface area contributed by atoms with E-state index in [0.717, 1.165) is 16.9 Å². The van der Waals surface area contributed by atoms with Gasteiger partial charge in [0.1, 0.15) is 6.54 Å². The van der Waals surface area contributed by atoms with Gasteiger partial charge in [0.05, 0.1) is 0 Å². The molecule has 0 aromatic heterocycles. The summed E-state index contributed by atoms with van der Waals surface area (Å²) in [4.78, 5) is 12.8. The number of nitrogens with zero attached hydrogens (tertiary/aromatic N) is 1. The highest BCUT2D eigenvalue weighted by atomic mass is 35.5. The van der Waals surface area contributed by atoms with Crippen LogP contribution in [0.4, 0.5) is 11.4 Å². The van der Waals surface area contributed by atoms with Gasteiger partial charge < -0.3 is 10.0 Å². The molecule has 0 amide bonds. The zero-order valence-corrected chi connectivity index (χ0v) is 11.3. The third kappa shape index (κ3) is 3.48. The molecule has 98 valence electrons. The molecule has 0 aliphatic rings. The number of carbonyl (C=O) groups is 1. The minimum atomic E-state index is -0.878. The fourth-order valence-corrected chi connectivity index (χ4v) is 2.01. The monoisotopic (exact) mass is 275 g/mol. The summed E-state index contributed by atoms with van der Waals surface area (Å²) in [6.07, 6.45) is 0. The van der Waals surface area contributed by atoms with E-state index in [-0.39, 0.29) is 6.54 Å². The molecule has 2 aromatic carbocycles. The Bertz CT molecular complexity index is 581. The Hall–Kier alpha value is -2.00.